The van der Waals surface area contributed by atoms with Crippen LogP contribution >= 0.6 is 11.6 Å². The largest absolute Gasteiger partial charge is 0.353 e. The Morgan fingerprint density at radius 2 is 1.94 bits per heavy atom. The van der Waals surface area contributed by atoms with Crippen molar-refractivity contribution in [3.05, 3.63) is 35.9 Å². The minimum atomic E-state index is -0.161. The average molecular weight is 243 g/mol. The Kier molecular flexibility index (Phi) is 7.23. The van der Waals surface area contributed by atoms with Crippen LogP contribution < -0.4 is 0 Å². The molecule has 1 aromatic carbocycles. The predicted octanol–water partition coefficient (Wildman–Crippen LogP) is 3.24. The molecule has 16 heavy (non-hydrogen) atoms. The fraction of sp³-hybridized carbons (Fsp3) is 0.538. The lowest BCUT2D eigenvalue weighted by molar-refractivity contribution is -0.139. The molecule has 1 atom stereocenters. The normalized spacial score (nSPS) is 12.6. The van der Waals surface area contributed by atoms with E-state index >= 15 is 0 Å². The number of hydrogen-bond donors (Lipinski definition) is 0. The number of hydrogen-bond acceptors (Lipinski definition) is 2. The van der Waals surface area contributed by atoms with Gasteiger partial charge in [-0.25, -0.2) is 0 Å². The molecule has 0 bridgehead atoms. The fourth-order valence-corrected chi connectivity index (χ4v) is 1.62. The molecule has 0 heterocycles. The van der Waals surface area contributed by atoms with E-state index in [2.05, 4.69) is 12.1 Å². The second-order valence-electron chi connectivity index (χ2n) is 3.47. The Hall–Kier alpha value is -0.570. The Labute approximate surface area is 103 Å². The minimum Gasteiger partial charge on any atom is -0.353 e. The molecule has 1 rings (SSSR count). The van der Waals surface area contributed by atoms with Crippen molar-refractivity contribution in [1.82, 2.24) is 0 Å². The molecule has 0 aromatic heterocycles. The second-order valence-corrected chi connectivity index (χ2v) is 3.85. The number of rotatable bonds is 8. The number of benzene rings is 1. The van der Waals surface area contributed by atoms with E-state index < -0.39 is 0 Å². The van der Waals surface area contributed by atoms with Gasteiger partial charge >= 0.3 is 0 Å². The van der Waals surface area contributed by atoms with E-state index in [1.54, 1.807) is 0 Å². The van der Waals surface area contributed by atoms with Gasteiger partial charge in [-0.1, -0.05) is 30.3 Å². The summed E-state index contributed by atoms with van der Waals surface area (Å²) in [4.78, 5) is 0. The standard InChI is InChI=1S/C13H19ClO2/c1-2-15-13(8-10-14)16-11-9-12-6-4-3-5-7-12/h3-7,13H,2,8-11H2,1H3/t13-/m1/s1. The highest BCUT2D eigenvalue weighted by molar-refractivity contribution is 6.17. The maximum Gasteiger partial charge on any atom is 0.158 e. The van der Waals surface area contributed by atoms with Crippen LogP contribution in [0, 0.1) is 0 Å². The Bertz CT molecular complexity index is 258. The third-order valence-corrected chi connectivity index (χ3v) is 2.45. The zero-order valence-corrected chi connectivity index (χ0v) is 10.5. The quantitative estimate of drug-likeness (QED) is 0.515. The van der Waals surface area contributed by atoms with Gasteiger partial charge in [0.05, 0.1) is 6.61 Å². The summed E-state index contributed by atoms with van der Waals surface area (Å²) in [5, 5.41) is 0. The first-order valence-corrected chi connectivity index (χ1v) is 6.23. The van der Waals surface area contributed by atoms with Crippen molar-refractivity contribution in [3.8, 4) is 0 Å². The summed E-state index contributed by atoms with van der Waals surface area (Å²) in [7, 11) is 0. The molecule has 0 radical (unpaired) electrons. The number of ether oxygens (including phenoxy) is 2. The van der Waals surface area contributed by atoms with Crippen molar-refractivity contribution in [3.63, 3.8) is 0 Å². The molecule has 0 aliphatic rings. The van der Waals surface area contributed by atoms with Crippen LogP contribution in [-0.4, -0.2) is 25.4 Å². The number of alkyl halides is 1. The van der Waals surface area contributed by atoms with Crippen LogP contribution in [0.5, 0.6) is 0 Å². The van der Waals surface area contributed by atoms with Gasteiger partial charge in [-0.2, -0.15) is 0 Å². The highest BCUT2D eigenvalue weighted by Crippen LogP contribution is 2.05. The van der Waals surface area contributed by atoms with Crippen LogP contribution in [0.3, 0.4) is 0 Å². The lowest BCUT2D eigenvalue weighted by Crippen LogP contribution is -2.19. The van der Waals surface area contributed by atoms with Crippen molar-refractivity contribution in [2.24, 2.45) is 0 Å². The van der Waals surface area contributed by atoms with Crippen LogP contribution in [0.25, 0.3) is 0 Å². The Morgan fingerprint density at radius 1 is 1.19 bits per heavy atom. The van der Waals surface area contributed by atoms with E-state index in [4.69, 9.17) is 21.1 Å². The molecule has 0 amide bonds. The molecule has 0 fully saturated rings. The maximum absolute atomic E-state index is 5.67. The summed E-state index contributed by atoms with van der Waals surface area (Å²) in [5.74, 6) is 0.565. The highest BCUT2D eigenvalue weighted by Gasteiger charge is 2.07. The molecular formula is C13H19ClO2. The highest BCUT2D eigenvalue weighted by atomic mass is 35.5. The summed E-state index contributed by atoms with van der Waals surface area (Å²) in [6.07, 6.45) is 1.49. The lowest BCUT2D eigenvalue weighted by Gasteiger charge is -2.16. The van der Waals surface area contributed by atoms with Crippen LogP contribution in [0.4, 0.5) is 0 Å². The zero-order chi connectivity index (χ0) is 11.6. The van der Waals surface area contributed by atoms with Crippen molar-refractivity contribution < 1.29 is 9.47 Å². The molecule has 2 nitrogen and oxygen atoms in total. The van der Waals surface area contributed by atoms with Gasteiger partial charge in [-0.05, 0) is 18.9 Å². The molecule has 0 N–H and O–H groups in total. The van der Waals surface area contributed by atoms with Crippen molar-refractivity contribution in [2.45, 2.75) is 26.1 Å². The summed E-state index contributed by atoms with van der Waals surface area (Å²) in [6.45, 7) is 3.29. The zero-order valence-electron chi connectivity index (χ0n) is 9.69. The van der Waals surface area contributed by atoms with E-state index in [1.807, 2.05) is 25.1 Å². The molecule has 0 aliphatic carbocycles. The van der Waals surface area contributed by atoms with Crippen molar-refractivity contribution in [1.29, 1.82) is 0 Å². The molecular weight excluding hydrogens is 224 g/mol. The van der Waals surface area contributed by atoms with Crippen LogP contribution in [-0.2, 0) is 15.9 Å². The molecule has 0 unspecified atom stereocenters. The first kappa shape index (κ1) is 13.5. The van der Waals surface area contributed by atoms with Crippen LogP contribution in [0.1, 0.15) is 18.9 Å². The molecule has 0 spiro atoms. The van der Waals surface area contributed by atoms with Crippen LogP contribution in [0.15, 0.2) is 30.3 Å². The van der Waals surface area contributed by atoms with Crippen molar-refractivity contribution in [2.75, 3.05) is 19.1 Å². The fourth-order valence-electron chi connectivity index (χ4n) is 1.44. The third-order valence-electron chi connectivity index (χ3n) is 2.23. The summed E-state index contributed by atoms with van der Waals surface area (Å²) in [5.41, 5.74) is 1.28. The van der Waals surface area contributed by atoms with E-state index in [-0.39, 0.29) is 6.29 Å². The number of halogens is 1. The Morgan fingerprint density at radius 3 is 2.56 bits per heavy atom. The first-order chi connectivity index (χ1) is 7.86. The van der Waals surface area contributed by atoms with Gasteiger partial charge in [0.1, 0.15) is 0 Å². The molecule has 0 aliphatic heterocycles. The average Bonchev–Trinajstić information content (AvgIpc) is 2.31. The van der Waals surface area contributed by atoms with E-state index in [0.717, 1.165) is 12.8 Å². The van der Waals surface area contributed by atoms with Gasteiger partial charge in [-0.3, -0.25) is 0 Å². The van der Waals surface area contributed by atoms with Gasteiger partial charge in [0.15, 0.2) is 6.29 Å². The molecule has 1 aromatic rings. The second kappa shape index (κ2) is 8.57. The van der Waals surface area contributed by atoms with E-state index in [1.165, 1.54) is 5.56 Å². The maximum atomic E-state index is 5.67. The smallest absolute Gasteiger partial charge is 0.158 e. The molecule has 0 saturated carbocycles. The van der Waals surface area contributed by atoms with Gasteiger partial charge in [0.2, 0.25) is 0 Å². The summed E-state index contributed by atoms with van der Waals surface area (Å²) >= 11 is 5.67. The first-order valence-electron chi connectivity index (χ1n) is 5.70. The van der Waals surface area contributed by atoms with Gasteiger partial charge in [0.25, 0.3) is 0 Å². The monoisotopic (exact) mass is 242 g/mol. The lowest BCUT2D eigenvalue weighted by atomic mass is 10.2. The van der Waals surface area contributed by atoms with Gasteiger partial charge in [-0.15, -0.1) is 11.6 Å². The summed E-state index contributed by atoms with van der Waals surface area (Å²) < 4.78 is 11.0. The topological polar surface area (TPSA) is 18.5 Å². The predicted molar refractivity (Wildman–Crippen MR) is 66.8 cm³/mol. The minimum absolute atomic E-state index is 0.161. The summed E-state index contributed by atoms with van der Waals surface area (Å²) in [6, 6.07) is 10.3. The van der Waals surface area contributed by atoms with Gasteiger partial charge in [0, 0.05) is 18.9 Å². The Balaban J connectivity index is 2.22. The van der Waals surface area contributed by atoms with Crippen LogP contribution in [0.2, 0.25) is 0 Å². The molecule has 3 heteroatoms. The van der Waals surface area contributed by atoms with Gasteiger partial charge < -0.3 is 9.47 Å². The molecule has 90 valence electrons. The van der Waals surface area contributed by atoms with Crippen molar-refractivity contribution >= 4 is 11.6 Å². The van der Waals surface area contributed by atoms with E-state index in [0.29, 0.717) is 19.1 Å². The third kappa shape index (κ3) is 5.50. The molecule has 0 saturated heterocycles. The van der Waals surface area contributed by atoms with E-state index in [9.17, 15) is 0 Å². The SMILES string of the molecule is CCO[C@@H](CCCl)OCCc1ccccc1.